The van der Waals surface area contributed by atoms with E-state index in [0.717, 1.165) is 12.8 Å². The van der Waals surface area contributed by atoms with E-state index in [4.69, 9.17) is 9.05 Å². The van der Waals surface area contributed by atoms with Crippen LogP contribution >= 0.6 is 7.75 Å². The first kappa shape index (κ1) is 13.0. The van der Waals surface area contributed by atoms with Crippen molar-refractivity contribution in [3.8, 4) is 0 Å². The third-order valence-electron chi connectivity index (χ3n) is 3.50. The summed E-state index contributed by atoms with van der Waals surface area (Å²) >= 11 is 0. The Kier molecular flexibility index (Phi) is 3.07. The van der Waals surface area contributed by atoms with Gasteiger partial charge in [0, 0.05) is 5.41 Å². The fraction of sp³-hybridized carbons (Fsp3) is 0.818. The summed E-state index contributed by atoms with van der Waals surface area (Å²) in [5, 5.41) is -0.0389. The van der Waals surface area contributed by atoms with Crippen LogP contribution in [0.1, 0.15) is 26.7 Å². The molecule has 0 aromatic carbocycles. The van der Waals surface area contributed by atoms with Gasteiger partial charge in [-0.05, 0) is 12.8 Å². The molecule has 0 aromatic rings. The number of rotatable bonds is 1. The lowest BCUT2D eigenvalue weighted by Crippen LogP contribution is -2.48. The molecule has 0 saturated carbocycles. The molecule has 4 aliphatic rings. The van der Waals surface area contributed by atoms with Crippen molar-refractivity contribution in [2.45, 2.75) is 38.0 Å². The molecule has 0 N–H and O–H groups in total. The molecule has 2 fully saturated rings. The third kappa shape index (κ3) is 2.04. The van der Waals surface area contributed by atoms with Crippen LogP contribution in [0, 0.1) is 5.41 Å². The van der Waals surface area contributed by atoms with Crippen LogP contribution in [-0.2, 0) is 24.6 Å². The number of hydrogen-bond acceptors (Lipinski definition) is 4. The van der Waals surface area contributed by atoms with Crippen LogP contribution < -0.4 is 0 Å². The number of fused-ring (bicyclic) bond motifs is 2. The van der Waals surface area contributed by atoms with E-state index in [1.54, 1.807) is 0 Å². The highest BCUT2D eigenvalue weighted by atomic mass is 32.2. The molecular formula is C11H18NO4PS. The molecule has 0 radical (unpaired) electrons. The van der Waals surface area contributed by atoms with Gasteiger partial charge < -0.3 is 0 Å². The topological polar surface area (TPSA) is 55.8 Å². The highest BCUT2D eigenvalue weighted by molar-refractivity contribution is 7.89. The molecule has 1 aliphatic carbocycles. The molecule has 0 amide bonds. The van der Waals surface area contributed by atoms with Crippen LogP contribution in [0.2, 0.25) is 0 Å². The Morgan fingerprint density at radius 3 is 2.44 bits per heavy atom. The van der Waals surface area contributed by atoms with Crippen molar-refractivity contribution < 1.29 is 17.8 Å². The lowest BCUT2D eigenvalue weighted by Gasteiger charge is -2.45. The van der Waals surface area contributed by atoms with Gasteiger partial charge in [-0.15, -0.1) is 4.08 Å². The average Bonchev–Trinajstić information content (AvgIpc) is 2.35. The minimum Gasteiger partial charge on any atom is -0.295 e. The Morgan fingerprint density at radius 2 is 1.94 bits per heavy atom. The minimum absolute atomic E-state index is 0.0389. The predicted octanol–water partition coefficient (Wildman–Crippen LogP) is 2.23. The zero-order valence-electron chi connectivity index (χ0n) is 10.6. The molecule has 18 heavy (non-hydrogen) atoms. The van der Waals surface area contributed by atoms with Crippen molar-refractivity contribution >= 4 is 18.7 Å². The fourth-order valence-corrected chi connectivity index (χ4v) is 6.99. The highest BCUT2D eigenvalue weighted by Crippen LogP contribution is 2.60. The molecule has 2 saturated heterocycles. The SMILES string of the molecule is CC1(C)COP(=O)(N2[C@@H]3C=C[C@@H](CC3)S2=O)OC1. The van der Waals surface area contributed by atoms with Crippen molar-refractivity contribution in [2.24, 2.45) is 5.41 Å². The second kappa shape index (κ2) is 4.25. The normalized spacial score (nSPS) is 42.0. The van der Waals surface area contributed by atoms with Gasteiger partial charge in [0.1, 0.15) is 11.0 Å². The smallest absolute Gasteiger partial charge is 0.295 e. The van der Waals surface area contributed by atoms with Crippen molar-refractivity contribution in [2.75, 3.05) is 13.2 Å². The average molecular weight is 291 g/mol. The summed E-state index contributed by atoms with van der Waals surface area (Å²) in [6.07, 6.45) is 5.69. The zero-order chi connectivity index (χ0) is 13.0. The first-order valence-electron chi connectivity index (χ1n) is 6.19. The van der Waals surface area contributed by atoms with Crippen molar-refractivity contribution in [1.82, 2.24) is 4.08 Å². The number of hydrogen-bond donors (Lipinski definition) is 0. The lowest BCUT2D eigenvalue weighted by molar-refractivity contribution is 0.0268. The van der Waals surface area contributed by atoms with Gasteiger partial charge in [-0.3, -0.25) is 9.05 Å². The Morgan fingerprint density at radius 1 is 1.28 bits per heavy atom. The van der Waals surface area contributed by atoms with Crippen molar-refractivity contribution in [3.05, 3.63) is 12.2 Å². The Labute approximate surface area is 110 Å². The summed E-state index contributed by atoms with van der Waals surface area (Å²) in [5.74, 6) is 0. The van der Waals surface area contributed by atoms with Gasteiger partial charge in [-0.1, -0.05) is 26.0 Å². The van der Waals surface area contributed by atoms with E-state index in [-0.39, 0.29) is 16.7 Å². The van der Waals surface area contributed by atoms with Crippen molar-refractivity contribution in [1.29, 1.82) is 0 Å². The fourth-order valence-electron chi connectivity index (χ4n) is 2.39. The maximum Gasteiger partial charge on any atom is 0.420 e. The molecule has 3 aliphatic heterocycles. The van der Waals surface area contributed by atoms with E-state index in [9.17, 15) is 8.77 Å². The Hall–Kier alpha value is -0.0000000000000000486. The van der Waals surface area contributed by atoms with Crippen LogP contribution in [0.3, 0.4) is 0 Å². The van der Waals surface area contributed by atoms with E-state index in [0.29, 0.717) is 13.2 Å². The predicted molar refractivity (Wildman–Crippen MR) is 69.2 cm³/mol. The first-order valence-corrected chi connectivity index (χ1v) is 8.86. The largest absolute Gasteiger partial charge is 0.420 e. The van der Waals surface area contributed by atoms with Gasteiger partial charge in [-0.25, -0.2) is 8.77 Å². The minimum atomic E-state index is -3.39. The molecule has 0 spiro atoms. The van der Waals surface area contributed by atoms with Gasteiger partial charge in [-0.2, -0.15) is 0 Å². The quantitative estimate of drug-likeness (QED) is 0.549. The molecule has 3 heterocycles. The molecule has 7 heteroatoms. The van der Waals surface area contributed by atoms with E-state index in [1.807, 2.05) is 26.0 Å². The summed E-state index contributed by atoms with van der Waals surface area (Å²) in [6.45, 7) is 4.74. The molecule has 4 rings (SSSR count). The molecule has 3 atom stereocenters. The molecule has 5 nitrogen and oxygen atoms in total. The summed E-state index contributed by atoms with van der Waals surface area (Å²) in [4.78, 5) is 0. The lowest BCUT2D eigenvalue weighted by atomic mass is 9.97. The van der Waals surface area contributed by atoms with Gasteiger partial charge in [0.05, 0.1) is 24.5 Å². The van der Waals surface area contributed by atoms with Crippen LogP contribution in [0.25, 0.3) is 0 Å². The van der Waals surface area contributed by atoms with Gasteiger partial charge in [0.2, 0.25) is 0 Å². The maximum atomic E-state index is 12.7. The van der Waals surface area contributed by atoms with Gasteiger partial charge in [0.25, 0.3) is 0 Å². The molecule has 1 unspecified atom stereocenters. The second-order valence-electron chi connectivity index (χ2n) is 5.83. The summed E-state index contributed by atoms with van der Waals surface area (Å²) in [6, 6.07) is -0.0807. The molecule has 2 bridgehead atoms. The van der Waals surface area contributed by atoms with Crippen LogP contribution in [0.15, 0.2) is 12.2 Å². The molecular weight excluding hydrogens is 273 g/mol. The number of nitrogens with zero attached hydrogens (tertiary/aromatic N) is 1. The van der Waals surface area contributed by atoms with Gasteiger partial charge >= 0.3 is 7.75 Å². The highest BCUT2D eigenvalue weighted by Gasteiger charge is 2.51. The Bertz CT molecular complexity index is 450. The summed E-state index contributed by atoms with van der Waals surface area (Å²) in [5.41, 5.74) is -0.139. The second-order valence-corrected chi connectivity index (χ2v) is 9.53. The third-order valence-corrected chi connectivity index (χ3v) is 7.82. The summed E-state index contributed by atoms with van der Waals surface area (Å²) < 4.78 is 37.5. The maximum absolute atomic E-state index is 12.7. The van der Waals surface area contributed by atoms with E-state index >= 15 is 0 Å². The van der Waals surface area contributed by atoms with E-state index < -0.39 is 18.7 Å². The molecule has 102 valence electrons. The Balaban J connectivity index is 1.85. The van der Waals surface area contributed by atoms with Crippen LogP contribution in [-0.4, -0.2) is 32.8 Å². The van der Waals surface area contributed by atoms with Gasteiger partial charge in [0.15, 0.2) is 0 Å². The van der Waals surface area contributed by atoms with E-state index in [1.165, 1.54) is 4.08 Å². The summed E-state index contributed by atoms with van der Waals surface area (Å²) in [7, 11) is -4.68. The van der Waals surface area contributed by atoms with Crippen LogP contribution in [0.4, 0.5) is 0 Å². The van der Waals surface area contributed by atoms with E-state index in [2.05, 4.69) is 0 Å². The first-order chi connectivity index (χ1) is 8.41. The zero-order valence-corrected chi connectivity index (χ0v) is 12.3. The molecule has 0 aromatic heterocycles. The standard InChI is InChI=1S/C11H18NO4PS/c1-11(2)7-15-17(13,16-8-11)12-9-3-5-10(6-4-9)18(12)14/h3,5,9-10H,4,6-8H2,1-2H3/t9-,10+,18?/m1/s1. The monoisotopic (exact) mass is 291 g/mol. The van der Waals surface area contributed by atoms with Crippen LogP contribution in [0.5, 0.6) is 0 Å². The van der Waals surface area contributed by atoms with Crippen molar-refractivity contribution in [3.63, 3.8) is 0 Å².